The maximum absolute atomic E-state index is 12.6. The fourth-order valence-corrected chi connectivity index (χ4v) is 3.94. The first kappa shape index (κ1) is 17.5. The second-order valence-corrected chi connectivity index (χ2v) is 7.78. The van der Waals surface area contributed by atoms with Crippen molar-refractivity contribution in [1.82, 2.24) is 20.0 Å². The first-order valence-electron chi connectivity index (χ1n) is 8.79. The van der Waals surface area contributed by atoms with Crippen LogP contribution in [0.1, 0.15) is 43.6 Å². The summed E-state index contributed by atoms with van der Waals surface area (Å²) in [4.78, 5) is 15.1. The van der Waals surface area contributed by atoms with Crippen LogP contribution in [-0.2, 0) is 7.05 Å². The molecule has 0 aromatic carbocycles. The zero-order valence-corrected chi connectivity index (χ0v) is 15.5. The summed E-state index contributed by atoms with van der Waals surface area (Å²) >= 11 is 6.10. The highest BCUT2D eigenvalue weighted by molar-refractivity contribution is 6.33. The maximum Gasteiger partial charge on any atom is 0.271 e. The van der Waals surface area contributed by atoms with E-state index in [1.807, 2.05) is 0 Å². The second-order valence-electron chi connectivity index (χ2n) is 7.38. The molecule has 3 rings (SSSR count). The predicted molar refractivity (Wildman–Crippen MR) is 96.2 cm³/mol. The number of hydrogen-bond acceptors (Lipinski definition) is 3. The quantitative estimate of drug-likeness (QED) is 0.802. The summed E-state index contributed by atoms with van der Waals surface area (Å²) in [5, 5.41) is 7.69. The van der Waals surface area contributed by atoms with E-state index >= 15 is 0 Å². The average molecular weight is 351 g/mol. The highest BCUT2D eigenvalue weighted by atomic mass is 35.5. The van der Waals surface area contributed by atoms with Crippen molar-refractivity contribution in [3.63, 3.8) is 0 Å². The van der Waals surface area contributed by atoms with Gasteiger partial charge in [0.25, 0.3) is 5.91 Å². The van der Waals surface area contributed by atoms with Crippen LogP contribution in [0, 0.1) is 11.8 Å². The summed E-state index contributed by atoms with van der Waals surface area (Å²) in [6.07, 6.45) is 7.48. The Morgan fingerprint density at radius 1 is 1.42 bits per heavy atom. The third-order valence-electron chi connectivity index (χ3n) is 5.09. The lowest BCUT2D eigenvalue weighted by molar-refractivity contribution is 0.0918. The zero-order valence-electron chi connectivity index (χ0n) is 14.8. The first-order valence-corrected chi connectivity index (χ1v) is 9.17. The van der Waals surface area contributed by atoms with Crippen LogP contribution in [0.5, 0.6) is 0 Å². The van der Waals surface area contributed by atoms with Gasteiger partial charge in [-0.3, -0.25) is 9.48 Å². The van der Waals surface area contributed by atoms with Gasteiger partial charge in [-0.15, -0.1) is 0 Å². The maximum atomic E-state index is 12.6. The second kappa shape index (κ2) is 7.28. The van der Waals surface area contributed by atoms with E-state index in [4.69, 9.17) is 11.6 Å². The Kier molecular flexibility index (Phi) is 5.30. The molecule has 2 aliphatic rings. The van der Waals surface area contributed by atoms with E-state index < -0.39 is 0 Å². The van der Waals surface area contributed by atoms with Crippen LogP contribution in [0.15, 0.2) is 17.8 Å². The van der Waals surface area contributed by atoms with Gasteiger partial charge in [-0.1, -0.05) is 23.3 Å². The standard InChI is InChI=1S/C18H27ClN4O/c1-12(2)5-4-8-23-10-14(13-6-7-13)16(11-23)21-18(24)17-15(19)9-20-22(17)3/h5,9,13-14,16H,4,6-8,10-11H2,1-3H3,(H,21,24)/t14-,16+/m0/s1. The number of nitrogens with zero attached hydrogens (tertiary/aromatic N) is 3. The Hall–Kier alpha value is -1.33. The van der Waals surface area contributed by atoms with Crippen molar-refractivity contribution >= 4 is 17.5 Å². The molecule has 1 N–H and O–H groups in total. The first-order chi connectivity index (χ1) is 11.5. The van der Waals surface area contributed by atoms with Crippen molar-refractivity contribution in [2.75, 3.05) is 19.6 Å². The Labute approximate surface area is 149 Å². The number of halogens is 1. The number of carbonyl (C=O) groups excluding carboxylic acids is 1. The lowest BCUT2D eigenvalue weighted by atomic mass is 9.98. The van der Waals surface area contributed by atoms with Crippen LogP contribution in [-0.4, -0.2) is 46.3 Å². The molecule has 24 heavy (non-hydrogen) atoms. The lowest BCUT2D eigenvalue weighted by Gasteiger charge is -2.19. The smallest absolute Gasteiger partial charge is 0.271 e. The van der Waals surface area contributed by atoms with Crippen molar-refractivity contribution < 1.29 is 4.79 Å². The van der Waals surface area contributed by atoms with E-state index in [1.54, 1.807) is 11.7 Å². The van der Waals surface area contributed by atoms with Gasteiger partial charge in [0.1, 0.15) is 5.69 Å². The molecular formula is C18H27ClN4O. The largest absolute Gasteiger partial charge is 0.346 e. The fourth-order valence-electron chi connectivity index (χ4n) is 3.69. The normalized spacial score (nSPS) is 24.2. The van der Waals surface area contributed by atoms with Gasteiger partial charge >= 0.3 is 0 Å². The van der Waals surface area contributed by atoms with Gasteiger partial charge in [0.15, 0.2) is 0 Å². The minimum absolute atomic E-state index is 0.109. The number of carbonyl (C=O) groups is 1. The van der Waals surface area contributed by atoms with Gasteiger partial charge in [0.05, 0.1) is 11.2 Å². The number of allylic oxidation sites excluding steroid dienone is 1. The number of amides is 1. The van der Waals surface area contributed by atoms with Crippen LogP contribution < -0.4 is 5.32 Å². The average Bonchev–Trinajstić information content (AvgIpc) is 3.19. The number of likely N-dealkylation sites (tertiary alicyclic amines) is 1. The molecule has 1 saturated carbocycles. The third kappa shape index (κ3) is 4.01. The minimum atomic E-state index is -0.109. The molecule has 1 aromatic heterocycles. The van der Waals surface area contributed by atoms with Crippen LogP contribution in [0.2, 0.25) is 5.02 Å². The van der Waals surface area contributed by atoms with Crippen molar-refractivity contribution in [2.24, 2.45) is 18.9 Å². The molecule has 2 atom stereocenters. The molecule has 0 radical (unpaired) electrons. The number of aryl methyl sites for hydroxylation is 1. The Morgan fingerprint density at radius 2 is 2.17 bits per heavy atom. The topological polar surface area (TPSA) is 50.2 Å². The molecule has 2 heterocycles. The number of rotatable bonds is 6. The summed E-state index contributed by atoms with van der Waals surface area (Å²) in [6, 6.07) is 0.211. The van der Waals surface area contributed by atoms with E-state index in [0.717, 1.165) is 32.0 Å². The Bertz CT molecular complexity index is 611. The molecule has 6 heteroatoms. The molecule has 1 saturated heterocycles. The van der Waals surface area contributed by atoms with Crippen molar-refractivity contribution in [1.29, 1.82) is 0 Å². The molecule has 1 aliphatic carbocycles. The van der Waals surface area contributed by atoms with E-state index in [9.17, 15) is 4.79 Å². The van der Waals surface area contributed by atoms with Gasteiger partial charge in [-0.05, 0) is 44.9 Å². The molecule has 0 unspecified atom stereocenters. The summed E-state index contributed by atoms with van der Waals surface area (Å²) < 4.78 is 1.55. The zero-order chi connectivity index (χ0) is 17.3. The molecule has 132 valence electrons. The van der Waals surface area contributed by atoms with Crippen LogP contribution >= 0.6 is 11.6 Å². The molecule has 1 aromatic rings. The van der Waals surface area contributed by atoms with Crippen molar-refractivity contribution in [3.05, 3.63) is 28.6 Å². The van der Waals surface area contributed by atoms with Crippen LogP contribution in [0.4, 0.5) is 0 Å². The Balaban J connectivity index is 1.63. The molecule has 1 aliphatic heterocycles. The van der Waals surface area contributed by atoms with Crippen LogP contribution in [0.25, 0.3) is 0 Å². The van der Waals surface area contributed by atoms with Gasteiger partial charge in [-0.2, -0.15) is 5.10 Å². The van der Waals surface area contributed by atoms with E-state index in [-0.39, 0.29) is 11.9 Å². The molecule has 0 bridgehead atoms. The molecular weight excluding hydrogens is 324 g/mol. The van der Waals surface area contributed by atoms with Crippen LogP contribution in [0.3, 0.4) is 0 Å². The highest BCUT2D eigenvalue weighted by Gasteiger charge is 2.43. The third-order valence-corrected chi connectivity index (χ3v) is 5.37. The summed E-state index contributed by atoms with van der Waals surface area (Å²) in [5.74, 6) is 1.22. The summed E-state index contributed by atoms with van der Waals surface area (Å²) in [5.41, 5.74) is 1.82. The summed E-state index contributed by atoms with van der Waals surface area (Å²) in [7, 11) is 1.75. The lowest BCUT2D eigenvalue weighted by Crippen LogP contribution is -2.42. The monoisotopic (exact) mass is 350 g/mol. The highest BCUT2D eigenvalue weighted by Crippen LogP contribution is 2.41. The summed E-state index contributed by atoms with van der Waals surface area (Å²) in [6.45, 7) is 7.35. The van der Waals surface area contributed by atoms with Gasteiger partial charge in [0, 0.05) is 32.7 Å². The number of hydrogen-bond donors (Lipinski definition) is 1. The van der Waals surface area contributed by atoms with E-state index in [0.29, 0.717) is 16.6 Å². The van der Waals surface area contributed by atoms with Crippen molar-refractivity contribution in [2.45, 2.75) is 39.2 Å². The molecule has 0 spiro atoms. The van der Waals surface area contributed by atoms with E-state index in [2.05, 4.69) is 35.2 Å². The van der Waals surface area contributed by atoms with E-state index in [1.165, 1.54) is 24.6 Å². The van der Waals surface area contributed by atoms with Gasteiger partial charge in [-0.25, -0.2) is 0 Å². The SMILES string of the molecule is CC(C)=CCCN1C[C@@H](NC(=O)c2c(Cl)cnn2C)[C@H](C2CC2)C1. The van der Waals surface area contributed by atoms with Gasteiger partial charge in [0.2, 0.25) is 0 Å². The number of nitrogens with one attached hydrogen (secondary N) is 1. The minimum Gasteiger partial charge on any atom is -0.346 e. The molecule has 1 amide bonds. The van der Waals surface area contributed by atoms with Gasteiger partial charge < -0.3 is 10.2 Å². The Morgan fingerprint density at radius 3 is 2.75 bits per heavy atom. The number of aromatic nitrogens is 2. The molecule has 2 fully saturated rings. The fraction of sp³-hybridized carbons (Fsp3) is 0.667. The molecule has 5 nitrogen and oxygen atoms in total. The predicted octanol–water partition coefficient (Wildman–Crippen LogP) is 2.87. The van der Waals surface area contributed by atoms with Crippen molar-refractivity contribution in [3.8, 4) is 0 Å².